The average molecular weight is 1200 g/mol. The van der Waals surface area contributed by atoms with Crippen molar-refractivity contribution >= 4 is 22.8 Å². The van der Waals surface area contributed by atoms with Crippen LogP contribution in [0.4, 0.5) is 0 Å². The predicted molar refractivity (Wildman–Crippen MR) is 314 cm³/mol. The van der Waals surface area contributed by atoms with Gasteiger partial charge in [0.2, 0.25) is 0 Å². The van der Waals surface area contributed by atoms with Crippen molar-refractivity contribution in [3.8, 4) is 17.2 Å². The Hall–Kier alpha value is -1.96. The van der Waals surface area contributed by atoms with Gasteiger partial charge >= 0.3 is 17.4 Å². The van der Waals surface area contributed by atoms with Crippen LogP contribution in [0.15, 0.2) is 36.4 Å². The molecule has 12 nitrogen and oxygen atoms in total. The maximum absolute atomic E-state index is 11.3. The maximum Gasteiger partial charge on any atom is 6.00 e. The van der Waals surface area contributed by atoms with Crippen molar-refractivity contribution in [1.82, 2.24) is 0 Å². The number of rotatable bonds is 24. The molecule has 0 atom stereocenters. The van der Waals surface area contributed by atoms with Gasteiger partial charge in [-0.15, -0.1) is 0 Å². The standard InChI is InChI=1S/3C21H37O4P.Cr/c3*1-8-9-10-11-12-25-19-17(20(2,3)4)13-16(15-26(22,23)24)14-18(19)21(5,6)7;/h3*13-14H,8-12,15H2,1-7H3,(H2,22,23,24);/q;;;+6/p-6. The quantitative estimate of drug-likeness (QED) is 0.0604. The first-order chi connectivity index (χ1) is 35.3. The number of unbranched alkanes of at least 4 members (excludes halogenated alkanes) is 9. The topological polar surface area (TPSA) is 217 Å². The Kier molecular flexibility index (Phi) is 31.6. The van der Waals surface area contributed by atoms with E-state index in [0.29, 0.717) is 36.5 Å². The third kappa shape index (κ3) is 29.9. The summed E-state index contributed by atoms with van der Waals surface area (Å²) in [6.07, 6.45) is 12.2. The number of ether oxygens (including phenoxy) is 3. The molecule has 0 bridgehead atoms. The summed E-state index contributed by atoms with van der Waals surface area (Å²) in [6, 6.07) is 11.0. The van der Waals surface area contributed by atoms with E-state index in [1.165, 1.54) is 38.5 Å². The minimum absolute atomic E-state index is 0. The normalized spacial score (nSPS) is 12.9. The Bertz CT molecular complexity index is 2070. The second-order valence-electron chi connectivity index (χ2n) is 27.6. The van der Waals surface area contributed by atoms with Gasteiger partial charge in [0.05, 0.1) is 19.8 Å². The Labute approximate surface area is 491 Å². The number of hydrogen-bond acceptors (Lipinski definition) is 12. The van der Waals surface area contributed by atoms with Crippen LogP contribution in [0.5, 0.6) is 17.2 Å². The fourth-order valence-electron chi connectivity index (χ4n) is 8.93. The van der Waals surface area contributed by atoms with E-state index in [1.807, 2.05) is 36.4 Å². The molecule has 0 radical (unpaired) electrons. The summed E-state index contributed by atoms with van der Waals surface area (Å²) in [5.74, 6) is 2.53. The fraction of sp³-hybridized carbons (Fsp3) is 0.714. The van der Waals surface area contributed by atoms with E-state index in [9.17, 15) is 43.1 Å². The van der Waals surface area contributed by atoms with Gasteiger partial charge in [0, 0.05) is 51.9 Å². The molecule has 16 heteroatoms. The number of hydrogen-bond donors (Lipinski definition) is 0. The van der Waals surface area contributed by atoms with Crippen LogP contribution >= 0.6 is 22.8 Å². The first-order valence-corrected chi connectivity index (χ1v) is 33.9. The SMILES string of the molecule is CCCCCCOc1c(C(C)(C)C)cc(CP(=O)([O-])[O-])cc1C(C)(C)C.CCCCCCOc1c(C(C)(C)C)cc(CP(=O)([O-])[O-])cc1C(C)(C)C.CCCCCCOc1c(C(C)(C)C)cc(CP(=O)([O-])[O-])cc1C(C)(C)C.[Cr+6]. The van der Waals surface area contributed by atoms with Crippen LogP contribution in [0, 0.1) is 0 Å². The molecular formula is C63H105CrO12P3. The van der Waals surface area contributed by atoms with Crippen LogP contribution in [0.3, 0.4) is 0 Å². The van der Waals surface area contributed by atoms with E-state index < -0.39 is 41.3 Å². The minimum atomic E-state index is -4.62. The first kappa shape index (κ1) is 77.0. The van der Waals surface area contributed by atoms with Crippen LogP contribution in [0.2, 0.25) is 0 Å². The molecule has 0 aliphatic carbocycles. The van der Waals surface area contributed by atoms with Gasteiger partial charge in [0.25, 0.3) is 0 Å². The molecule has 0 saturated heterocycles. The molecule has 450 valence electrons. The van der Waals surface area contributed by atoms with E-state index in [0.717, 1.165) is 89.2 Å². The van der Waals surface area contributed by atoms with E-state index in [1.54, 1.807) is 0 Å². The summed E-state index contributed by atoms with van der Waals surface area (Å²) in [4.78, 5) is 67.9. The van der Waals surface area contributed by atoms with E-state index >= 15 is 0 Å². The second kappa shape index (κ2) is 32.4. The average Bonchev–Trinajstić information content (AvgIpc) is 3.23. The van der Waals surface area contributed by atoms with Crippen molar-refractivity contribution in [1.29, 1.82) is 0 Å². The summed E-state index contributed by atoms with van der Waals surface area (Å²) in [5, 5.41) is 0. The van der Waals surface area contributed by atoms with Gasteiger partial charge in [-0.25, -0.2) is 0 Å². The second-order valence-corrected chi connectivity index (χ2v) is 32.2. The van der Waals surface area contributed by atoms with Gasteiger partial charge in [0.15, 0.2) is 0 Å². The molecule has 0 aromatic heterocycles. The molecule has 3 aromatic carbocycles. The Balaban J connectivity index is 0.00000115. The van der Waals surface area contributed by atoms with Crippen LogP contribution in [-0.2, 0) is 82.0 Å². The van der Waals surface area contributed by atoms with Gasteiger partial charge in [-0.05, 0) is 68.4 Å². The molecule has 3 aromatic rings. The third-order valence-electron chi connectivity index (χ3n) is 13.2. The van der Waals surface area contributed by atoms with Crippen LogP contribution in [0.25, 0.3) is 0 Å². The van der Waals surface area contributed by atoms with E-state index in [4.69, 9.17) is 14.2 Å². The van der Waals surface area contributed by atoms with Gasteiger partial charge in [0.1, 0.15) is 17.2 Å². The number of benzene rings is 3. The molecule has 0 aliphatic heterocycles. The van der Waals surface area contributed by atoms with E-state index in [-0.39, 0.29) is 49.9 Å². The summed E-state index contributed by atoms with van der Waals surface area (Å²) in [5.41, 5.74) is 6.11. The van der Waals surface area contributed by atoms with Crippen molar-refractivity contribution in [2.45, 2.75) is 273 Å². The Morgan fingerprint density at radius 2 is 0.481 bits per heavy atom. The van der Waals surface area contributed by atoms with Crippen molar-refractivity contribution in [3.05, 3.63) is 86.5 Å². The molecule has 0 heterocycles. The molecule has 0 N–H and O–H groups in total. The zero-order valence-electron chi connectivity index (χ0n) is 52.8. The summed E-state index contributed by atoms with van der Waals surface area (Å²) in [7, 11) is -13.9. The zero-order valence-corrected chi connectivity index (χ0v) is 56.8. The van der Waals surface area contributed by atoms with Crippen molar-refractivity contribution in [3.63, 3.8) is 0 Å². The van der Waals surface area contributed by atoms with Gasteiger partial charge in [-0.2, -0.15) is 0 Å². The smallest absolute Gasteiger partial charge is 0.810 e. The molecule has 0 aliphatic rings. The Morgan fingerprint density at radius 3 is 0.608 bits per heavy atom. The molecule has 0 spiro atoms. The van der Waals surface area contributed by atoms with Crippen molar-refractivity contribution in [2.24, 2.45) is 0 Å². The molecule has 79 heavy (non-hydrogen) atoms. The molecular weight excluding hydrogens is 1090 g/mol. The van der Waals surface area contributed by atoms with Crippen LogP contribution in [-0.4, -0.2) is 19.8 Å². The molecule has 0 saturated carbocycles. The molecule has 0 amide bonds. The Morgan fingerprint density at radius 1 is 0.316 bits per heavy atom. The predicted octanol–water partition coefficient (Wildman–Crippen LogP) is 14.0. The van der Waals surface area contributed by atoms with Gasteiger partial charge in [-0.3, -0.25) is 0 Å². The fourth-order valence-corrected chi connectivity index (χ4v) is 10.8. The van der Waals surface area contributed by atoms with Crippen molar-refractivity contribution in [2.75, 3.05) is 19.8 Å². The molecule has 0 fully saturated rings. The van der Waals surface area contributed by atoms with Gasteiger partial charge in [-0.1, -0.05) is 262 Å². The summed E-state index contributed by atoms with van der Waals surface area (Å²) >= 11 is 0. The maximum atomic E-state index is 11.3. The molecule has 3 rings (SSSR count). The van der Waals surface area contributed by atoms with E-state index in [2.05, 4.69) is 145 Å². The van der Waals surface area contributed by atoms with Crippen LogP contribution < -0.4 is 43.6 Å². The zero-order chi connectivity index (χ0) is 60.5. The summed E-state index contributed by atoms with van der Waals surface area (Å²) < 4.78 is 52.6. The molecule has 0 unspecified atom stereocenters. The first-order valence-electron chi connectivity index (χ1n) is 28.7. The minimum Gasteiger partial charge on any atom is -0.810 e. The monoisotopic (exact) mass is 1200 g/mol. The van der Waals surface area contributed by atoms with Gasteiger partial charge < -0.3 is 57.3 Å². The summed E-state index contributed by atoms with van der Waals surface area (Å²) in [6.45, 7) is 45.9. The largest absolute Gasteiger partial charge is 6.00 e. The third-order valence-corrected chi connectivity index (χ3v) is 15.4. The van der Waals surface area contributed by atoms with Crippen LogP contribution in [0.1, 0.15) is 273 Å². The van der Waals surface area contributed by atoms with Crippen molar-refractivity contribution < 1.29 is 74.6 Å².